The SMILES string of the molecule is COc1ccc(NC(=O)N2CCNCC2COc2cccnc2)cc1Cl.Cl.Cl. The molecular formula is C18H23Cl3N4O3. The summed E-state index contributed by atoms with van der Waals surface area (Å²) in [5.41, 5.74) is 0.617. The predicted molar refractivity (Wildman–Crippen MR) is 115 cm³/mol. The second-order valence-corrected chi connectivity index (χ2v) is 6.24. The van der Waals surface area contributed by atoms with Crippen molar-refractivity contribution in [3.8, 4) is 11.5 Å². The van der Waals surface area contributed by atoms with Crippen LogP contribution in [0, 0.1) is 0 Å². The van der Waals surface area contributed by atoms with E-state index < -0.39 is 0 Å². The molecule has 1 aliphatic rings. The van der Waals surface area contributed by atoms with Gasteiger partial charge in [0.05, 0.1) is 24.4 Å². The Morgan fingerprint density at radius 3 is 2.89 bits per heavy atom. The van der Waals surface area contributed by atoms with Gasteiger partial charge in [0.15, 0.2) is 0 Å². The Hall–Kier alpha value is -1.93. The van der Waals surface area contributed by atoms with Gasteiger partial charge < -0.3 is 25.0 Å². The highest BCUT2D eigenvalue weighted by Gasteiger charge is 2.27. The average Bonchev–Trinajstić information content (AvgIpc) is 2.67. The molecule has 1 aliphatic heterocycles. The Balaban J connectivity index is 0.00000196. The molecule has 10 heteroatoms. The number of methoxy groups -OCH3 is 1. The van der Waals surface area contributed by atoms with Crippen molar-refractivity contribution in [2.24, 2.45) is 0 Å². The normalized spacial score (nSPS) is 15.6. The minimum Gasteiger partial charge on any atom is -0.495 e. The third kappa shape index (κ3) is 6.31. The van der Waals surface area contributed by atoms with Crippen LogP contribution >= 0.6 is 36.4 Å². The van der Waals surface area contributed by atoms with Gasteiger partial charge in [-0.05, 0) is 30.3 Å². The van der Waals surface area contributed by atoms with Crippen molar-refractivity contribution >= 4 is 48.1 Å². The fourth-order valence-corrected chi connectivity index (χ4v) is 3.00. The van der Waals surface area contributed by atoms with Crippen molar-refractivity contribution in [1.82, 2.24) is 15.2 Å². The van der Waals surface area contributed by atoms with Gasteiger partial charge in [-0.15, -0.1) is 24.8 Å². The second-order valence-electron chi connectivity index (χ2n) is 5.83. The average molecular weight is 450 g/mol. The summed E-state index contributed by atoms with van der Waals surface area (Å²) in [5, 5.41) is 6.62. The van der Waals surface area contributed by atoms with Crippen molar-refractivity contribution in [3.63, 3.8) is 0 Å². The van der Waals surface area contributed by atoms with E-state index in [1.165, 1.54) is 0 Å². The monoisotopic (exact) mass is 448 g/mol. The molecule has 0 saturated carbocycles. The summed E-state index contributed by atoms with van der Waals surface area (Å²) < 4.78 is 10.9. The summed E-state index contributed by atoms with van der Waals surface area (Å²) in [5.74, 6) is 1.25. The minimum absolute atomic E-state index is 0. The molecule has 3 rings (SSSR count). The third-order valence-electron chi connectivity index (χ3n) is 4.09. The van der Waals surface area contributed by atoms with Crippen LogP contribution in [0.4, 0.5) is 10.5 Å². The molecule has 2 heterocycles. The summed E-state index contributed by atoms with van der Waals surface area (Å²) in [4.78, 5) is 18.5. The lowest BCUT2D eigenvalue weighted by molar-refractivity contribution is 0.133. The molecule has 1 unspecified atom stereocenters. The number of piperazine rings is 1. The van der Waals surface area contributed by atoms with Crippen molar-refractivity contribution in [3.05, 3.63) is 47.7 Å². The molecule has 1 atom stereocenters. The van der Waals surface area contributed by atoms with Crippen LogP contribution in [0.15, 0.2) is 42.7 Å². The van der Waals surface area contributed by atoms with Crippen LogP contribution in [0.2, 0.25) is 5.02 Å². The van der Waals surface area contributed by atoms with E-state index in [1.54, 1.807) is 42.6 Å². The van der Waals surface area contributed by atoms with Crippen molar-refractivity contribution < 1.29 is 14.3 Å². The van der Waals surface area contributed by atoms with Gasteiger partial charge in [-0.3, -0.25) is 4.98 Å². The van der Waals surface area contributed by atoms with E-state index in [4.69, 9.17) is 21.1 Å². The van der Waals surface area contributed by atoms with Gasteiger partial charge in [0.1, 0.15) is 18.1 Å². The van der Waals surface area contributed by atoms with E-state index in [2.05, 4.69) is 15.6 Å². The predicted octanol–water partition coefficient (Wildman–Crippen LogP) is 3.47. The first-order valence-electron chi connectivity index (χ1n) is 8.32. The fraction of sp³-hybridized carbons (Fsp3) is 0.333. The number of hydrogen-bond donors (Lipinski definition) is 2. The molecule has 2 aromatic rings. The molecule has 1 saturated heterocycles. The van der Waals surface area contributed by atoms with E-state index in [1.807, 2.05) is 12.1 Å². The number of ether oxygens (including phenoxy) is 2. The van der Waals surface area contributed by atoms with E-state index in [-0.39, 0.29) is 36.9 Å². The van der Waals surface area contributed by atoms with Gasteiger partial charge in [0.25, 0.3) is 0 Å². The number of carbonyl (C=O) groups excluding carboxylic acids is 1. The van der Waals surface area contributed by atoms with Crippen LogP contribution in [-0.4, -0.2) is 55.3 Å². The number of nitrogens with one attached hydrogen (secondary N) is 2. The Bertz CT molecular complexity index is 752. The molecule has 0 bridgehead atoms. The number of pyridine rings is 1. The Morgan fingerprint density at radius 2 is 2.21 bits per heavy atom. The van der Waals surface area contributed by atoms with Gasteiger partial charge in [-0.25, -0.2) is 4.79 Å². The zero-order valence-electron chi connectivity index (χ0n) is 15.3. The highest BCUT2D eigenvalue weighted by molar-refractivity contribution is 6.32. The number of urea groups is 1. The molecule has 154 valence electrons. The zero-order chi connectivity index (χ0) is 18.4. The minimum atomic E-state index is -0.187. The Morgan fingerprint density at radius 1 is 1.39 bits per heavy atom. The highest BCUT2D eigenvalue weighted by atomic mass is 35.5. The van der Waals surface area contributed by atoms with E-state index in [0.29, 0.717) is 41.9 Å². The standard InChI is InChI=1S/C18H21ClN4O3.2ClH/c1-25-17-5-4-13(9-16(17)19)22-18(24)23-8-7-21-10-14(23)12-26-15-3-2-6-20-11-15;;/h2-6,9,11,14,21H,7-8,10,12H2,1H3,(H,22,24);2*1H. The van der Waals surface area contributed by atoms with Crippen LogP contribution in [0.25, 0.3) is 0 Å². The number of anilines is 1. The molecule has 7 nitrogen and oxygen atoms in total. The highest BCUT2D eigenvalue weighted by Crippen LogP contribution is 2.27. The Kier molecular flexibility index (Phi) is 10.2. The number of rotatable bonds is 5. The molecule has 2 N–H and O–H groups in total. The summed E-state index contributed by atoms with van der Waals surface area (Å²) >= 11 is 6.12. The summed E-state index contributed by atoms with van der Waals surface area (Å²) in [6, 6.07) is 8.52. The summed E-state index contributed by atoms with van der Waals surface area (Å²) in [7, 11) is 1.55. The molecule has 2 amide bonds. The van der Waals surface area contributed by atoms with Crippen LogP contribution in [0.5, 0.6) is 11.5 Å². The van der Waals surface area contributed by atoms with E-state index in [0.717, 1.165) is 6.54 Å². The zero-order valence-corrected chi connectivity index (χ0v) is 17.6. The smallest absolute Gasteiger partial charge is 0.322 e. The van der Waals surface area contributed by atoms with Crippen molar-refractivity contribution in [1.29, 1.82) is 0 Å². The molecule has 0 aliphatic carbocycles. The number of aromatic nitrogens is 1. The maximum atomic E-state index is 12.7. The molecule has 28 heavy (non-hydrogen) atoms. The van der Waals surface area contributed by atoms with Crippen molar-refractivity contribution in [2.45, 2.75) is 6.04 Å². The molecule has 1 aromatic heterocycles. The third-order valence-corrected chi connectivity index (χ3v) is 4.39. The number of halogens is 3. The first kappa shape index (κ1) is 24.1. The van der Waals surface area contributed by atoms with E-state index in [9.17, 15) is 4.79 Å². The number of nitrogens with zero attached hydrogens (tertiary/aromatic N) is 2. The van der Waals surface area contributed by atoms with Crippen LogP contribution in [0.3, 0.4) is 0 Å². The molecule has 1 fully saturated rings. The number of amides is 2. The molecule has 0 spiro atoms. The lowest BCUT2D eigenvalue weighted by atomic mass is 10.2. The molecule has 0 radical (unpaired) electrons. The first-order chi connectivity index (χ1) is 12.7. The number of hydrogen-bond acceptors (Lipinski definition) is 5. The first-order valence-corrected chi connectivity index (χ1v) is 8.70. The van der Waals surface area contributed by atoms with Gasteiger partial charge in [-0.1, -0.05) is 11.6 Å². The summed E-state index contributed by atoms with van der Waals surface area (Å²) in [6.07, 6.45) is 3.34. The van der Waals surface area contributed by atoms with Gasteiger partial charge in [-0.2, -0.15) is 0 Å². The maximum absolute atomic E-state index is 12.7. The lowest BCUT2D eigenvalue weighted by Crippen LogP contribution is -2.57. The quantitative estimate of drug-likeness (QED) is 0.731. The summed E-state index contributed by atoms with van der Waals surface area (Å²) in [6.45, 7) is 2.38. The van der Waals surface area contributed by atoms with E-state index >= 15 is 0 Å². The number of benzene rings is 1. The lowest BCUT2D eigenvalue weighted by Gasteiger charge is -2.35. The Labute approximate surface area is 181 Å². The number of carbonyl (C=O) groups is 1. The van der Waals surface area contributed by atoms with Gasteiger partial charge in [0, 0.05) is 31.5 Å². The topological polar surface area (TPSA) is 75.7 Å². The second kappa shape index (κ2) is 11.8. The largest absolute Gasteiger partial charge is 0.495 e. The molecular weight excluding hydrogens is 427 g/mol. The van der Waals surface area contributed by atoms with Crippen LogP contribution in [0.1, 0.15) is 0 Å². The fourth-order valence-electron chi connectivity index (χ4n) is 2.74. The molecule has 1 aromatic carbocycles. The maximum Gasteiger partial charge on any atom is 0.322 e. The van der Waals surface area contributed by atoms with Crippen LogP contribution in [-0.2, 0) is 0 Å². The van der Waals surface area contributed by atoms with Crippen LogP contribution < -0.4 is 20.1 Å². The van der Waals surface area contributed by atoms with Gasteiger partial charge in [0.2, 0.25) is 0 Å². The van der Waals surface area contributed by atoms with Gasteiger partial charge >= 0.3 is 6.03 Å². The van der Waals surface area contributed by atoms with Crippen molar-refractivity contribution in [2.75, 3.05) is 38.7 Å².